The molecule has 0 saturated carbocycles. The molecular weight excluding hydrogens is 440 g/mol. The molecule has 2 N–H and O–H groups in total. The van der Waals surface area contributed by atoms with E-state index >= 15 is 0 Å². The number of ether oxygens (including phenoxy) is 2. The van der Waals surface area contributed by atoms with Crippen LogP contribution in [-0.2, 0) is 24.2 Å². The lowest BCUT2D eigenvalue weighted by atomic mass is 9.97. The number of hydrogen-bond acceptors (Lipinski definition) is 8. The summed E-state index contributed by atoms with van der Waals surface area (Å²) in [5.41, 5.74) is 2.49. The van der Waals surface area contributed by atoms with Gasteiger partial charge < -0.3 is 24.8 Å². The van der Waals surface area contributed by atoms with E-state index in [1.807, 2.05) is 18.2 Å². The first-order chi connectivity index (χ1) is 16.2. The van der Waals surface area contributed by atoms with Gasteiger partial charge in [0.1, 0.15) is 10.6 Å². The molecule has 9 heteroatoms. The maximum Gasteiger partial charge on any atom is 0.306 e. The predicted molar refractivity (Wildman–Crippen MR) is 127 cm³/mol. The number of fused-ring (bicyclic) bond motifs is 4. The molecule has 8 nitrogen and oxygen atoms in total. The number of nitrogens with zero attached hydrogens (tertiary/aromatic N) is 3. The lowest BCUT2D eigenvalue weighted by Crippen LogP contribution is -2.37. The molecule has 3 aromatic rings. The smallest absolute Gasteiger partial charge is 0.306 e. The number of hydrogen-bond donors (Lipinski definition) is 2. The van der Waals surface area contributed by atoms with Crippen molar-refractivity contribution < 1.29 is 19.4 Å². The molecule has 0 atom stereocenters. The van der Waals surface area contributed by atoms with E-state index in [-0.39, 0.29) is 12.7 Å². The fourth-order valence-electron chi connectivity index (χ4n) is 4.98. The van der Waals surface area contributed by atoms with Gasteiger partial charge in [0.2, 0.25) is 12.7 Å². The second-order valence-electron chi connectivity index (χ2n) is 8.90. The van der Waals surface area contributed by atoms with Crippen LogP contribution < -0.4 is 19.7 Å². The average Bonchev–Trinajstić information content (AvgIpc) is 3.46. The first-order valence-electron chi connectivity index (χ1n) is 11.6. The molecule has 1 aliphatic carbocycles. The van der Waals surface area contributed by atoms with Crippen LogP contribution in [0.15, 0.2) is 18.2 Å². The number of rotatable bonds is 5. The topological polar surface area (TPSA) is 96.8 Å². The molecule has 3 aliphatic rings. The van der Waals surface area contributed by atoms with Crippen LogP contribution in [0, 0.1) is 5.92 Å². The quantitative estimate of drug-likeness (QED) is 0.577. The van der Waals surface area contributed by atoms with Gasteiger partial charge in [0.25, 0.3) is 0 Å². The van der Waals surface area contributed by atoms with Crippen LogP contribution in [0.4, 0.5) is 11.8 Å². The van der Waals surface area contributed by atoms with E-state index in [0.29, 0.717) is 38.4 Å². The Bertz CT molecular complexity index is 1220. The third kappa shape index (κ3) is 3.84. The summed E-state index contributed by atoms with van der Waals surface area (Å²) in [5.74, 6) is 2.13. The van der Waals surface area contributed by atoms with Gasteiger partial charge in [-0.15, -0.1) is 11.3 Å². The summed E-state index contributed by atoms with van der Waals surface area (Å²) in [6.45, 7) is 2.21. The maximum atomic E-state index is 11.4. The Morgan fingerprint density at radius 1 is 1.15 bits per heavy atom. The predicted octanol–water partition coefficient (Wildman–Crippen LogP) is 4.21. The minimum atomic E-state index is -0.706. The Labute approximate surface area is 195 Å². The molecule has 4 heterocycles. The molecule has 0 unspecified atom stereocenters. The summed E-state index contributed by atoms with van der Waals surface area (Å²) in [5, 5.41) is 14.1. The Kier molecular flexibility index (Phi) is 5.21. The Balaban J connectivity index is 1.32. The molecule has 1 aromatic carbocycles. The minimum Gasteiger partial charge on any atom is -0.481 e. The van der Waals surface area contributed by atoms with Crippen molar-refractivity contribution in [2.24, 2.45) is 5.92 Å². The fourth-order valence-corrected chi connectivity index (χ4v) is 6.23. The monoisotopic (exact) mass is 466 g/mol. The number of aliphatic carboxylic acids is 1. The van der Waals surface area contributed by atoms with Crippen LogP contribution in [0.1, 0.15) is 41.7 Å². The first-order valence-corrected chi connectivity index (χ1v) is 12.4. The van der Waals surface area contributed by atoms with Crippen LogP contribution in [0.2, 0.25) is 0 Å². The number of aryl methyl sites for hydroxylation is 2. The average molecular weight is 467 g/mol. The van der Waals surface area contributed by atoms with E-state index < -0.39 is 5.97 Å². The van der Waals surface area contributed by atoms with Crippen LogP contribution in [-0.4, -0.2) is 40.9 Å². The van der Waals surface area contributed by atoms with E-state index in [0.717, 1.165) is 45.9 Å². The number of carbonyl (C=O) groups is 1. The highest BCUT2D eigenvalue weighted by Crippen LogP contribution is 2.40. The zero-order valence-electron chi connectivity index (χ0n) is 18.3. The SMILES string of the molecule is O=C(O)C1CCN(c2nc(NCc3ccc4c(c3)OCO4)c3c4c(sc3n2)CCCC4)CC1. The van der Waals surface area contributed by atoms with E-state index in [2.05, 4.69) is 10.2 Å². The highest BCUT2D eigenvalue weighted by atomic mass is 32.1. The van der Waals surface area contributed by atoms with Gasteiger partial charge in [-0.1, -0.05) is 6.07 Å². The van der Waals surface area contributed by atoms with Gasteiger partial charge >= 0.3 is 5.97 Å². The van der Waals surface area contributed by atoms with Crippen LogP contribution in [0.3, 0.4) is 0 Å². The second kappa shape index (κ2) is 8.37. The van der Waals surface area contributed by atoms with Crippen molar-refractivity contribution in [2.45, 2.75) is 45.1 Å². The Hall–Kier alpha value is -3.07. The summed E-state index contributed by atoms with van der Waals surface area (Å²) in [6, 6.07) is 5.99. The van der Waals surface area contributed by atoms with Gasteiger partial charge in [-0.05, 0) is 61.8 Å². The molecule has 0 amide bonds. The summed E-state index contributed by atoms with van der Waals surface area (Å²) in [6.07, 6.45) is 5.85. The number of benzene rings is 1. The van der Waals surface area contributed by atoms with Crippen molar-refractivity contribution in [1.82, 2.24) is 9.97 Å². The third-order valence-electron chi connectivity index (χ3n) is 6.83. The first kappa shape index (κ1) is 20.5. The largest absolute Gasteiger partial charge is 0.481 e. The summed E-state index contributed by atoms with van der Waals surface area (Å²) in [7, 11) is 0. The summed E-state index contributed by atoms with van der Waals surface area (Å²) in [4.78, 5) is 25.9. The van der Waals surface area contributed by atoms with Crippen molar-refractivity contribution in [3.05, 3.63) is 34.2 Å². The molecule has 1 saturated heterocycles. The standard InChI is InChI=1S/C24H26N4O4S/c29-23(30)15-7-9-28(10-8-15)24-26-21(20-16-3-1-2-4-19(16)33-22(20)27-24)25-12-14-5-6-17-18(11-14)32-13-31-17/h5-6,11,15H,1-4,7-10,12-13H2,(H,29,30)(H,25,26,27). The van der Waals surface area contributed by atoms with Crippen LogP contribution >= 0.6 is 11.3 Å². The molecule has 33 heavy (non-hydrogen) atoms. The van der Waals surface area contributed by atoms with E-state index in [4.69, 9.17) is 19.4 Å². The molecule has 0 bridgehead atoms. The molecule has 0 spiro atoms. The van der Waals surface area contributed by atoms with Gasteiger partial charge in [0, 0.05) is 24.5 Å². The number of piperidine rings is 1. The van der Waals surface area contributed by atoms with Crippen molar-refractivity contribution in [1.29, 1.82) is 0 Å². The second-order valence-corrected chi connectivity index (χ2v) is 9.99. The Morgan fingerprint density at radius 2 is 1.97 bits per heavy atom. The number of carboxylic acids is 1. The highest BCUT2D eigenvalue weighted by molar-refractivity contribution is 7.19. The van der Waals surface area contributed by atoms with Gasteiger partial charge in [-0.3, -0.25) is 4.79 Å². The summed E-state index contributed by atoms with van der Waals surface area (Å²) < 4.78 is 11.0. The van der Waals surface area contributed by atoms with Crippen molar-refractivity contribution >= 4 is 39.3 Å². The molecule has 1 fully saturated rings. The van der Waals surface area contributed by atoms with Crippen molar-refractivity contribution in [2.75, 3.05) is 30.1 Å². The highest BCUT2D eigenvalue weighted by Gasteiger charge is 2.28. The molecule has 172 valence electrons. The molecular formula is C24H26N4O4S. The van der Waals surface area contributed by atoms with Gasteiger partial charge in [-0.25, -0.2) is 4.98 Å². The van der Waals surface area contributed by atoms with Gasteiger partial charge in [-0.2, -0.15) is 4.98 Å². The van der Waals surface area contributed by atoms with Crippen molar-refractivity contribution in [3.8, 4) is 11.5 Å². The van der Waals surface area contributed by atoms with E-state index in [1.54, 1.807) is 11.3 Å². The lowest BCUT2D eigenvalue weighted by molar-refractivity contribution is -0.142. The summed E-state index contributed by atoms with van der Waals surface area (Å²) >= 11 is 1.79. The molecule has 2 aliphatic heterocycles. The van der Waals surface area contributed by atoms with E-state index in [9.17, 15) is 9.90 Å². The number of anilines is 2. The lowest BCUT2D eigenvalue weighted by Gasteiger charge is -2.30. The number of thiophene rings is 1. The molecule has 2 aromatic heterocycles. The van der Waals surface area contributed by atoms with Crippen LogP contribution in [0.5, 0.6) is 11.5 Å². The molecule has 0 radical (unpaired) electrons. The third-order valence-corrected chi connectivity index (χ3v) is 8.01. The normalized spacial score (nSPS) is 17.9. The zero-order chi connectivity index (χ0) is 22.4. The fraction of sp³-hybridized carbons (Fsp3) is 0.458. The minimum absolute atomic E-state index is 0.266. The number of aromatic nitrogens is 2. The van der Waals surface area contributed by atoms with Gasteiger partial charge in [0.15, 0.2) is 11.5 Å². The maximum absolute atomic E-state index is 11.4. The van der Waals surface area contributed by atoms with Gasteiger partial charge in [0.05, 0.1) is 11.3 Å². The van der Waals surface area contributed by atoms with Crippen LogP contribution in [0.25, 0.3) is 10.2 Å². The zero-order valence-corrected chi connectivity index (χ0v) is 19.1. The number of nitrogens with one attached hydrogen (secondary N) is 1. The molecule has 6 rings (SSSR count). The van der Waals surface area contributed by atoms with E-state index in [1.165, 1.54) is 23.3 Å². The number of carboxylic acid groups (broad SMARTS) is 1. The Morgan fingerprint density at radius 3 is 2.82 bits per heavy atom. The van der Waals surface area contributed by atoms with Crippen molar-refractivity contribution in [3.63, 3.8) is 0 Å².